The number of nitrogens with zero attached hydrogens (tertiary/aromatic N) is 1. The van der Waals surface area contributed by atoms with Gasteiger partial charge in [0.25, 0.3) is 0 Å². The molecule has 0 saturated carbocycles. The first kappa shape index (κ1) is 19.9. The maximum absolute atomic E-state index is 12.2. The summed E-state index contributed by atoms with van der Waals surface area (Å²) in [6, 6.07) is 17.7. The topological polar surface area (TPSA) is 29.5 Å². The molecule has 3 heteroatoms. The molecule has 2 aliphatic rings. The van der Waals surface area contributed by atoms with Crippen molar-refractivity contribution in [2.75, 3.05) is 26.2 Å². The lowest BCUT2D eigenvalue weighted by Gasteiger charge is -2.32. The second kappa shape index (κ2) is 8.96. The molecule has 3 nitrogen and oxygen atoms in total. The third kappa shape index (κ3) is 4.30. The van der Waals surface area contributed by atoms with Crippen molar-refractivity contribution in [1.29, 1.82) is 0 Å². The van der Waals surface area contributed by atoms with Gasteiger partial charge in [0.2, 0.25) is 0 Å². The van der Waals surface area contributed by atoms with Crippen molar-refractivity contribution >= 4 is 11.5 Å². The van der Waals surface area contributed by atoms with Gasteiger partial charge in [-0.1, -0.05) is 54.1 Å². The summed E-state index contributed by atoms with van der Waals surface area (Å²) in [5, 5.41) is 0. The average molecular weight is 390 g/mol. The lowest BCUT2D eigenvalue weighted by molar-refractivity contribution is -0.149. The third-order valence-corrected chi connectivity index (χ3v) is 6.25. The molecule has 1 heterocycles. The van der Waals surface area contributed by atoms with Gasteiger partial charge in [-0.25, -0.2) is 0 Å². The molecule has 0 spiro atoms. The number of rotatable bonds is 4. The van der Waals surface area contributed by atoms with Gasteiger partial charge in [-0.3, -0.25) is 9.69 Å². The van der Waals surface area contributed by atoms with Gasteiger partial charge in [-0.05, 0) is 73.9 Å². The molecule has 1 saturated heterocycles. The Labute approximate surface area is 174 Å². The highest BCUT2D eigenvalue weighted by Gasteiger charge is 2.28. The largest absolute Gasteiger partial charge is 0.466 e. The van der Waals surface area contributed by atoms with E-state index in [-0.39, 0.29) is 11.9 Å². The molecule has 29 heavy (non-hydrogen) atoms. The molecule has 2 aromatic rings. The molecule has 0 N–H and O–H groups in total. The van der Waals surface area contributed by atoms with Gasteiger partial charge in [0.1, 0.15) is 0 Å². The summed E-state index contributed by atoms with van der Waals surface area (Å²) < 4.78 is 5.28. The second-order valence-corrected chi connectivity index (χ2v) is 8.30. The third-order valence-electron chi connectivity index (χ3n) is 6.25. The number of hydrogen-bond donors (Lipinski definition) is 0. The number of ether oxygens (including phenoxy) is 1. The van der Waals surface area contributed by atoms with Gasteiger partial charge in [0, 0.05) is 13.1 Å². The summed E-state index contributed by atoms with van der Waals surface area (Å²) in [6.07, 6.45) is 4.16. The van der Waals surface area contributed by atoms with Crippen LogP contribution in [0.3, 0.4) is 0 Å². The average Bonchev–Trinajstić information content (AvgIpc) is 2.91. The molecule has 0 aromatic heterocycles. The van der Waals surface area contributed by atoms with Gasteiger partial charge < -0.3 is 4.74 Å². The Hall–Kier alpha value is -2.39. The van der Waals surface area contributed by atoms with Crippen molar-refractivity contribution in [1.82, 2.24) is 4.90 Å². The summed E-state index contributed by atoms with van der Waals surface area (Å²) in [7, 11) is 0. The first-order chi connectivity index (χ1) is 14.2. The molecule has 0 bridgehead atoms. The van der Waals surface area contributed by atoms with Crippen LogP contribution in [0.4, 0.5) is 0 Å². The summed E-state index contributed by atoms with van der Waals surface area (Å²) in [5.41, 5.74) is 8.37. The van der Waals surface area contributed by atoms with Crippen LogP contribution in [0.1, 0.15) is 48.9 Å². The summed E-state index contributed by atoms with van der Waals surface area (Å²) in [6.45, 7) is 7.35. The van der Waals surface area contributed by atoms with E-state index in [2.05, 4.69) is 60.4 Å². The number of carbonyl (C=O) groups is 1. The van der Waals surface area contributed by atoms with Gasteiger partial charge >= 0.3 is 5.97 Å². The molecule has 1 fully saturated rings. The highest BCUT2D eigenvalue weighted by molar-refractivity contribution is 5.86. The van der Waals surface area contributed by atoms with E-state index in [1.807, 2.05) is 6.92 Å². The van der Waals surface area contributed by atoms with E-state index in [0.29, 0.717) is 6.61 Å². The Morgan fingerprint density at radius 2 is 1.66 bits per heavy atom. The molecule has 0 radical (unpaired) electrons. The van der Waals surface area contributed by atoms with Crippen LogP contribution in [0.2, 0.25) is 0 Å². The van der Waals surface area contributed by atoms with Gasteiger partial charge in [-0.15, -0.1) is 0 Å². The summed E-state index contributed by atoms with van der Waals surface area (Å²) in [5.74, 6) is -0.0251. The highest BCUT2D eigenvalue weighted by atomic mass is 16.5. The molecular weight excluding hydrogens is 358 g/mol. The Morgan fingerprint density at radius 3 is 2.28 bits per heavy atom. The van der Waals surface area contributed by atoms with E-state index in [9.17, 15) is 4.79 Å². The van der Waals surface area contributed by atoms with E-state index in [0.717, 1.165) is 45.3 Å². The zero-order chi connectivity index (χ0) is 20.2. The smallest absolute Gasteiger partial charge is 0.310 e. The minimum atomic E-state index is -0.0346. The summed E-state index contributed by atoms with van der Waals surface area (Å²) >= 11 is 0. The summed E-state index contributed by atoms with van der Waals surface area (Å²) in [4.78, 5) is 14.7. The van der Waals surface area contributed by atoms with Gasteiger partial charge in [-0.2, -0.15) is 0 Å². The van der Waals surface area contributed by atoms with E-state index in [4.69, 9.17) is 4.74 Å². The molecule has 2 aromatic carbocycles. The number of piperidine rings is 1. The van der Waals surface area contributed by atoms with E-state index >= 15 is 0 Å². The molecule has 1 aliphatic carbocycles. The highest BCUT2D eigenvalue weighted by Crippen LogP contribution is 2.36. The van der Waals surface area contributed by atoms with E-state index < -0.39 is 0 Å². The Balaban J connectivity index is 1.66. The molecule has 4 rings (SSSR count). The van der Waals surface area contributed by atoms with Gasteiger partial charge in [0.15, 0.2) is 0 Å². The van der Waals surface area contributed by atoms with Crippen LogP contribution in [0.5, 0.6) is 0 Å². The Kier molecular flexibility index (Phi) is 6.15. The van der Waals surface area contributed by atoms with Crippen LogP contribution in [0.25, 0.3) is 5.57 Å². The molecule has 0 amide bonds. The van der Waals surface area contributed by atoms with Crippen molar-refractivity contribution in [3.63, 3.8) is 0 Å². The van der Waals surface area contributed by atoms with Crippen LogP contribution in [-0.4, -0.2) is 37.1 Å². The number of esters is 1. The first-order valence-corrected chi connectivity index (χ1v) is 10.9. The number of carbonyl (C=O) groups excluding carboxylic acids is 1. The van der Waals surface area contributed by atoms with Crippen LogP contribution in [0.15, 0.2) is 54.1 Å². The molecule has 1 atom stereocenters. The first-order valence-electron chi connectivity index (χ1n) is 10.9. The zero-order valence-corrected chi connectivity index (χ0v) is 17.6. The van der Waals surface area contributed by atoms with Gasteiger partial charge in [0.05, 0.1) is 12.5 Å². The normalized spacial score (nSPS) is 19.1. The molecule has 1 aliphatic heterocycles. The Morgan fingerprint density at radius 1 is 1.03 bits per heavy atom. The Bertz CT molecular complexity index is 865. The number of aryl methyl sites for hydroxylation is 2. The SMILES string of the molecule is CCOC(=O)[C@@H]1CCCN(CC(C)=C2c3ccccc3CCc3ccccc32)C1. The van der Waals surface area contributed by atoms with E-state index in [1.165, 1.54) is 33.4 Å². The second-order valence-electron chi connectivity index (χ2n) is 8.30. The minimum absolute atomic E-state index is 0.00945. The quantitative estimate of drug-likeness (QED) is 0.698. The van der Waals surface area contributed by atoms with Crippen molar-refractivity contribution in [3.8, 4) is 0 Å². The maximum atomic E-state index is 12.2. The number of benzene rings is 2. The monoisotopic (exact) mass is 389 g/mol. The number of likely N-dealkylation sites (tertiary alicyclic amines) is 1. The number of hydrogen-bond acceptors (Lipinski definition) is 3. The van der Waals surface area contributed by atoms with Crippen LogP contribution >= 0.6 is 0 Å². The van der Waals surface area contributed by atoms with Crippen LogP contribution in [0, 0.1) is 5.92 Å². The fraction of sp³-hybridized carbons (Fsp3) is 0.423. The van der Waals surface area contributed by atoms with Crippen LogP contribution < -0.4 is 0 Å². The minimum Gasteiger partial charge on any atom is -0.466 e. The lowest BCUT2D eigenvalue weighted by atomic mass is 9.89. The van der Waals surface area contributed by atoms with E-state index in [1.54, 1.807) is 0 Å². The van der Waals surface area contributed by atoms with Crippen molar-refractivity contribution in [2.24, 2.45) is 5.92 Å². The molecular formula is C26H31NO2. The molecule has 152 valence electrons. The predicted molar refractivity (Wildman–Crippen MR) is 118 cm³/mol. The maximum Gasteiger partial charge on any atom is 0.310 e. The van der Waals surface area contributed by atoms with Crippen LogP contribution in [-0.2, 0) is 22.4 Å². The zero-order valence-electron chi connectivity index (χ0n) is 17.6. The standard InChI is InChI=1S/C26H31NO2/c1-3-29-26(28)22-11-8-16-27(18-22)17-19(2)25-23-12-6-4-9-20(23)14-15-21-10-5-7-13-24(21)25/h4-7,9-10,12-13,22H,3,8,11,14-18H2,1-2H3/t22-/m1/s1. The van der Waals surface area contributed by atoms with Crippen molar-refractivity contribution < 1.29 is 9.53 Å². The molecule has 0 unspecified atom stereocenters. The lowest BCUT2D eigenvalue weighted by Crippen LogP contribution is -2.40. The predicted octanol–water partition coefficient (Wildman–Crippen LogP) is 4.88. The van der Waals surface area contributed by atoms with Crippen molar-refractivity contribution in [2.45, 2.75) is 39.5 Å². The fourth-order valence-corrected chi connectivity index (χ4v) is 4.90. The fourth-order valence-electron chi connectivity index (χ4n) is 4.90. The number of fused-ring (bicyclic) bond motifs is 2. The van der Waals surface area contributed by atoms with Crippen molar-refractivity contribution in [3.05, 3.63) is 76.4 Å².